The van der Waals surface area contributed by atoms with Crippen LogP contribution >= 0.6 is 23.2 Å². The Kier molecular flexibility index (Phi) is 8.68. The SMILES string of the molecule is C=CCOc1cc(Cl)c(Cl)cc1C(NS(=O)C(C)(C)C)C1C2CCC1CN(C(=O)[C@H]1COC(C)(C)O1)C2. The largest absolute Gasteiger partial charge is 0.489 e. The molecule has 0 radical (unpaired) electrons. The Morgan fingerprint density at radius 2 is 1.89 bits per heavy atom. The van der Waals surface area contributed by atoms with E-state index in [2.05, 4.69) is 11.3 Å². The van der Waals surface area contributed by atoms with E-state index in [-0.39, 0.29) is 36.3 Å². The number of likely N-dealkylation sites (tertiary alicyclic amines) is 1. The molecule has 1 aromatic carbocycles. The van der Waals surface area contributed by atoms with Gasteiger partial charge in [0.1, 0.15) is 12.4 Å². The smallest absolute Gasteiger partial charge is 0.254 e. The third-order valence-corrected chi connectivity index (χ3v) is 9.72. The molecule has 2 heterocycles. The van der Waals surface area contributed by atoms with E-state index in [0.717, 1.165) is 18.4 Å². The zero-order chi connectivity index (χ0) is 27.1. The molecule has 5 atom stereocenters. The van der Waals surface area contributed by atoms with E-state index in [1.807, 2.05) is 45.6 Å². The second-order valence-electron chi connectivity index (χ2n) is 11.6. The normalized spacial score (nSPS) is 28.7. The van der Waals surface area contributed by atoms with Gasteiger partial charge in [-0.3, -0.25) is 4.79 Å². The Morgan fingerprint density at radius 1 is 1.27 bits per heavy atom. The van der Waals surface area contributed by atoms with Crippen molar-refractivity contribution >= 4 is 40.1 Å². The molecular formula is C27H38Cl2N2O5S. The highest BCUT2D eigenvalue weighted by molar-refractivity contribution is 7.84. The number of ether oxygens (including phenoxy) is 3. The number of fused-ring (bicyclic) bond motifs is 2. The van der Waals surface area contributed by atoms with Gasteiger partial charge in [-0.05, 0) is 71.3 Å². The van der Waals surface area contributed by atoms with Crippen molar-refractivity contribution in [1.82, 2.24) is 9.62 Å². The van der Waals surface area contributed by atoms with Crippen LogP contribution in [0.4, 0.5) is 0 Å². The summed E-state index contributed by atoms with van der Waals surface area (Å²) in [6.07, 6.45) is 3.06. The molecule has 37 heavy (non-hydrogen) atoms. The first-order valence-electron chi connectivity index (χ1n) is 12.8. The fraction of sp³-hybridized carbons (Fsp3) is 0.667. The Morgan fingerprint density at radius 3 is 2.43 bits per heavy atom. The van der Waals surface area contributed by atoms with Gasteiger partial charge in [0.15, 0.2) is 11.9 Å². The maximum atomic E-state index is 13.4. The van der Waals surface area contributed by atoms with E-state index < -0.39 is 27.6 Å². The van der Waals surface area contributed by atoms with Crippen LogP contribution in [0.1, 0.15) is 59.1 Å². The van der Waals surface area contributed by atoms with E-state index >= 15 is 0 Å². The van der Waals surface area contributed by atoms with Gasteiger partial charge in [-0.25, -0.2) is 8.93 Å². The van der Waals surface area contributed by atoms with Gasteiger partial charge in [0, 0.05) is 24.7 Å². The lowest BCUT2D eigenvalue weighted by atomic mass is 9.77. The first kappa shape index (κ1) is 28.8. The average molecular weight is 574 g/mol. The molecule has 2 bridgehead atoms. The molecule has 1 amide bonds. The minimum Gasteiger partial charge on any atom is -0.489 e. The molecule has 1 aromatic rings. The second kappa shape index (κ2) is 11.1. The summed E-state index contributed by atoms with van der Waals surface area (Å²) in [7, 11) is -1.34. The third kappa shape index (κ3) is 6.36. The summed E-state index contributed by atoms with van der Waals surface area (Å²) < 4.78 is 33.8. The predicted octanol–water partition coefficient (Wildman–Crippen LogP) is 5.29. The highest BCUT2D eigenvalue weighted by atomic mass is 35.5. The van der Waals surface area contributed by atoms with E-state index in [0.29, 0.717) is 35.5 Å². The number of rotatable bonds is 8. The van der Waals surface area contributed by atoms with Crippen molar-refractivity contribution in [2.24, 2.45) is 17.8 Å². The number of amides is 1. The Bertz CT molecular complexity index is 1050. The van der Waals surface area contributed by atoms with Crippen molar-refractivity contribution in [2.45, 2.75) is 70.1 Å². The summed E-state index contributed by atoms with van der Waals surface area (Å²) in [6.45, 7) is 15.0. The second-order valence-corrected chi connectivity index (χ2v) is 14.4. The Labute approximate surface area is 232 Å². The van der Waals surface area contributed by atoms with Gasteiger partial charge in [-0.15, -0.1) is 0 Å². The number of nitrogens with one attached hydrogen (secondary N) is 1. The monoisotopic (exact) mass is 572 g/mol. The Balaban J connectivity index is 1.64. The number of nitrogens with zero attached hydrogens (tertiary/aromatic N) is 1. The lowest BCUT2D eigenvalue weighted by molar-refractivity contribution is -0.162. The minimum atomic E-state index is -1.34. The molecule has 1 N–H and O–H groups in total. The van der Waals surface area contributed by atoms with E-state index in [1.54, 1.807) is 12.1 Å². The summed E-state index contributed by atoms with van der Waals surface area (Å²) in [5.41, 5.74) is 0.824. The highest BCUT2D eigenvalue weighted by Crippen LogP contribution is 2.50. The van der Waals surface area contributed by atoms with Crippen molar-refractivity contribution in [2.75, 3.05) is 26.3 Å². The van der Waals surface area contributed by atoms with Crippen molar-refractivity contribution in [3.8, 4) is 5.75 Å². The van der Waals surface area contributed by atoms with Gasteiger partial charge in [0.05, 0.1) is 38.4 Å². The lowest BCUT2D eigenvalue weighted by Gasteiger charge is -2.43. The quantitative estimate of drug-likeness (QED) is 0.428. The van der Waals surface area contributed by atoms with Crippen LogP contribution in [-0.2, 0) is 25.3 Å². The van der Waals surface area contributed by atoms with Gasteiger partial charge >= 0.3 is 0 Å². The van der Waals surface area contributed by atoms with Crippen molar-refractivity contribution in [3.05, 3.63) is 40.4 Å². The van der Waals surface area contributed by atoms with Crippen LogP contribution in [0.2, 0.25) is 10.0 Å². The first-order chi connectivity index (χ1) is 17.3. The fourth-order valence-electron chi connectivity index (χ4n) is 5.70. The maximum absolute atomic E-state index is 13.4. The van der Waals surface area contributed by atoms with Gasteiger partial charge in [0.2, 0.25) is 0 Å². The van der Waals surface area contributed by atoms with Crippen LogP contribution in [-0.4, -0.2) is 58.0 Å². The summed E-state index contributed by atoms with van der Waals surface area (Å²) in [5.74, 6) is 0.390. The maximum Gasteiger partial charge on any atom is 0.254 e. The zero-order valence-corrected chi connectivity index (χ0v) is 24.5. The predicted molar refractivity (Wildman–Crippen MR) is 147 cm³/mol. The minimum absolute atomic E-state index is 0.0201. The van der Waals surface area contributed by atoms with Crippen LogP contribution in [0.5, 0.6) is 5.75 Å². The van der Waals surface area contributed by atoms with E-state index in [1.165, 1.54) is 0 Å². The van der Waals surface area contributed by atoms with Gasteiger partial charge in [-0.1, -0.05) is 35.9 Å². The standard InChI is InChI=1S/C27H38Cl2N2O5S/c1-7-10-34-21-12-20(29)19(28)11-18(21)24(30-37(33)26(2,3)4)23-16-8-9-17(23)14-31(13-16)25(32)22-15-35-27(5,6)36-22/h7,11-12,16-17,22-24,30H,1,8-10,13-15H2,2-6H3/t16?,17?,22-,23?,24?,37?/m1/s1. The molecule has 3 fully saturated rings. The highest BCUT2D eigenvalue weighted by Gasteiger charge is 2.50. The molecule has 10 heteroatoms. The van der Waals surface area contributed by atoms with Crippen LogP contribution < -0.4 is 9.46 Å². The van der Waals surface area contributed by atoms with Gasteiger partial charge in [-0.2, -0.15) is 0 Å². The van der Waals surface area contributed by atoms with Crippen molar-refractivity contribution in [1.29, 1.82) is 0 Å². The summed E-state index contributed by atoms with van der Waals surface area (Å²) in [5, 5.41) is 0.808. The molecule has 2 saturated heterocycles. The van der Waals surface area contributed by atoms with Gasteiger partial charge in [0.25, 0.3) is 5.91 Å². The number of hydrogen-bond donors (Lipinski definition) is 1. The lowest BCUT2D eigenvalue weighted by Crippen LogP contribution is -2.52. The van der Waals surface area contributed by atoms with E-state index in [9.17, 15) is 9.00 Å². The first-order valence-corrected chi connectivity index (χ1v) is 14.7. The number of benzene rings is 1. The topological polar surface area (TPSA) is 77.1 Å². The van der Waals surface area contributed by atoms with Crippen LogP contribution in [0.25, 0.3) is 0 Å². The molecule has 206 valence electrons. The average Bonchev–Trinajstić information content (AvgIpc) is 3.31. The molecule has 7 nitrogen and oxygen atoms in total. The molecule has 4 rings (SSSR count). The summed E-state index contributed by atoms with van der Waals surface area (Å²) in [6, 6.07) is 3.24. The molecule has 3 aliphatic rings. The molecular weight excluding hydrogens is 535 g/mol. The molecule has 1 saturated carbocycles. The molecule has 0 spiro atoms. The fourth-order valence-corrected chi connectivity index (χ4v) is 6.90. The number of halogens is 2. The number of piperidine rings is 1. The number of carbonyl (C=O) groups is 1. The zero-order valence-electron chi connectivity index (χ0n) is 22.2. The number of hydrogen-bond acceptors (Lipinski definition) is 5. The summed E-state index contributed by atoms with van der Waals surface area (Å²) >= 11 is 12.8. The summed E-state index contributed by atoms with van der Waals surface area (Å²) in [4.78, 5) is 15.2. The molecule has 1 aliphatic carbocycles. The van der Waals surface area contributed by atoms with Crippen LogP contribution in [0.15, 0.2) is 24.8 Å². The van der Waals surface area contributed by atoms with Gasteiger partial charge < -0.3 is 19.1 Å². The third-order valence-electron chi connectivity index (χ3n) is 7.42. The van der Waals surface area contributed by atoms with Crippen LogP contribution in [0.3, 0.4) is 0 Å². The van der Waals surface area contributed by atoms with E-state index in [4.69, 9.17) is 37.4 Å². The number of carbonyl (C=O) groups excluding carboxylic acids is 1. The van der Waals surface area contributed by atoms with Crippen molar-refractivity contribution < 1.29 is 23.2 Å². The Hall–Kier alpha value is -1.16. The molecule has 4 unspecified atom stereocenters. The van der Waals surface area contributed by atoms with Crippen LogP contribution in [0, 0.1) is 17.8 Å². The molecule has 0 aromatic heterocycles. The van der Waals surface area contributed by atoms with Crippen molar-refractivity contribution in [3.63, 3.8) is 0 Å². The molecule has 2 aliphatic heterocycles.